The molecule has 104 heavy (non-hydrogen) atoms. The van der Waals surface area contributed by atoms with E-state index < -0.39 is 40.5 Å². The monoisotopic (exact) mass is 1360 g/mol. The number of para-hydroxylation sites is 1. The first-order valence-corrected chi connectivity index (χ1v) is 36.6. The molecule has 13 aromatic carbocycles. The lowest BCUT2D eigenvalue weighted by atomic mass is 9.29. The summed E-state index contributed by atoms with van der Waals surface area (Å²) in [6, 6.07) is 72.7. The van der Waals surface area contributed by atoms with Gasteiger partial charge in [-0.1, -0.05) is 310 Å². The lowest BCUT2D eigenvalue weighted by Gasteiger charge is -2.49. The highest BCUT2D eigenvalue weighted by atomic mass is 16.5. The predicted octanol–water partition coefficient (Wildman–Crippen LogP) is 23.0. The van der Waals surface area contributed by atoms with Gasteiger partial charge in [0.25, 0.3) is 13.4 Å². The summed E-state index contributed by atoms with van der Waals surface area (Å²) in [4.78, 5) is 6.36. The Labute approximate surface area is 631 Å². The van der Waals surface area contributed by atoms with Gasteiger partial charge >= 0.3 is 0 Å². The Morgan fingerprint density at radius 3 is 1.10 bits per heavy atom. The molecular formula is C98H91B2N3O. The highest BCUT2D eigenvalue weighted by Gasteiger charge is 2.52. The Morgan fingerprint density at radius 1 is 0.279 bits per heavy atom. The molecule has 13 aromatic rings. The van der Waals surface area contributed by atoms with Crippen LogP contribution >= 0.6 is 0 Å². The maximum absolute atomic E-state index is 12.3. The largest absolute Gasteiger partial charge is 0.459 e. The van der Waals surface area contributed by atoms with Crippen molar-refractivity contribution in [2.75, 3.05) is 14.7 Å². The first-order chi connectivity index (χ1) is 54.0. The zero-order chi connectivity index (χ0) is 80.8. The van der Waals surface area contributed by atoms with Crippen LogP contribution < -0.4 is 52.2 Å². The van der Waals surface area contributed by atoms with Gasteiger partial charge in [0.05, 0.1) is 25.1 Å². The summed E-state index contributed by atoms with van der Waals surface area (Å²) < 4.78 is 118. The van der Waals surface area contributed by atoms with Crippen LogP contribution in [0.2, 0.25) is 0 Å². The lowest BCUT2D eigenvalue weighted by Crippen LogP contribution is -2.66. The number of nitrogens with zero attached hydrogens (tertiary/aromatic N) is 3. The van der Waals surface area contributed by atoms with E-state index in [0.29, 0.717) is 61.6 Å². The van der Waals surface area contributed by atoms with E-state index in [1.54, 1.807) is 0 Å². The van der Waals surface area contributed by atoms with Crippen molar-refractivity contribution in [3.05, 3.63) is 307 Å². The summed E-state index contributed by atoms with van der Waals surface area (Å²) in [7, 11) is 0. The van der Waals surface area contributed by atoms with Crippen molar-refractivity contribution in [2.24, 2.45) is 0 Å². The van der Waals surface area contributed by atoms with E-state index in [9.17, 15) is 13.7 Å². The number of fused-ring (bicyclic) bond motifs is 9. The van der Waals surface area contributed by atoms with Gasteiger partial charge in [0.2, 0.25) is 0 Å². The molecule has 0 bridgehead atoms. The van der Waals surface area contributed by atoms with E-state index in [1.165, 1.54) is 0 Å². The molecule has 0 atom stereocenters. The Bertz CT molecular complexity index is 6050. The van der Waals surface area contributed by atoms with E-state index in [1.807, 2.05) is 156 Å². The van der Waals surface area contributed by atoms with Crippen molar-refractivity contribution >= 4 is 97.4 Å². The first-order valence-electron chi connectivity index (χ1n) is 41.6. The Kier molecular flexibility index (Phi) is 13.1. The van der Waals surface area contributed by atoms with E-state index >= 15 is 0 Å². The average Bonchev–Trinajstić information content (AvgIpc) is 0.659. The molecule has 4 aliphatic rings. The number of rotatable bonds is 8. The summed E-state index contributed by atoms with van der Waals surface area (Å²) in [6.45, 7) is 29.0. The van der Waals surface area contributed by atoms with Crippen molar-refractivity contribution in [3.8, 4) is 67.1 Å². The third-order valence-corrected chi connectivity index (χ3v) is 21.3. The molecule has 0 aromatic heterocycles. The van der Waals surface area contributed by atoms with Gasteiger partial charge in [0.15, 0.2) is 0 Å². The number of anilines is 9. The van der Waals surface area contributed by atoms with E-state index in [-0.39, 0.29) is 111 Å². The fraction of sp³-hybridized carbons (Fsp3) is 0.204. The van der Waals surface area contributed by atoms with Gasteiger partial charge < -0.3 is 19.4 Å². The second kappa shape index (κ2) is 24.4. The Morgan fingerprint density at radius 2 is 0.654 bits per heavy atom. The van der Waals surface area contributed by atoms with Crippen LogP contribution in [0.3, 0.4) is 0 Å². The van der Waals surface area contributed by atoms with Crippen LogP contribution in [-0.2, 0) is 27.1 Å². The molecule has 0 N–H and O–H groups in total. The molecule has 6 heteroatoms. The molecule has 0 saturated carbocycles. The van der Waals surface area contributed by atoms with Crippen LogP contribution in [0.4, 0.5) is 51.2 Å². The fourth-order valence-electron chi connectivity index (χ4n) is 15.7. The molecule has 17 rings (SSSR count). The molecule has 4 nitrogen and oxygen atoms in total. The Balaban J connectivity index is 1.18. The molecule has 4 heterocycles. The molecule has 4 aliphatic heterocycles. The minimum atomic E-state index is -1.28. The third-order valence-electron chi connectivity index (χ3n) is 21.3. The minimum absolute atomic E-state index is 0.0161. The number of hydrogen-bond donors (Lipinski definition) is 0. The van der Waals surface area contributed by atoms with Crippen molar-refractivity contribution in [2.45, 2.75) is 131 Å². The SMILES string of the molecule is [2H]c1c([2H])c(C(C)(C)C)c([2H])c2c1Oc1c3c(c([2H])c4c1B1c5c(cc(C(C)(C)C)cc5N4c4c(-c5ccccc5)cc(C(C)(C)C)cc4-c4ccccc4)N(c4c(-c5ccccc5)cc(C(C)(C)C)cc4-c4ccccc4)c4c([2H])c(-c5ccccc5)c([2H])c([2H])c41)N(c1ccccc1)c1c([2H])c([2H])c(C(C)(C)C)c([2H])c1B23. The molecule has 510 valence electrons. The van der Waals surface area contributed by atoms with Crippen LogP contribution in [0.1, 0.15) is 145 Å². The smallest absolute Gasteiger partial charge is 0.256 e. The molecule has 0 amide bonds. The summed E-state index contributed by atoms with van der Waals surface area (Å²) in [5.41, 5.74) is 14.4. The summed E-state index contributed by atoms with van der Waals surface area (Å²) in [6.07, 6.45) is 0. The van der Waals surface area contributed by atoms with Crippen LogP contribution in [0, 0.1) is 0 Å². The summed E-state index contributed by atoms with van der Waals surface area (Å²) in [5, 5.41) is 0. The second-order valence-electron chi connectivity index (χ2n) is 33.7. The molecule has 0 aliphatic carbocycles. The van der Waals surface area contributed by atoms with E-state index in [4.69, 9.17) is 4.74 Å². The minimum Gasteiger partial charge on any atom is -0.459 e. The molecule has 0 spiro atoms. The van der Waals surface area contributed by atoms with Crippen LogP contribution in [0.5, 0.6) is 11.5 Å². The van der Waals surface area contributed by atoms with Crippen molar-refractivity contribution in [3.63, 3.8) is 0 Å². The van der Waals surface area contributed by atoms with E-state index in [2.05, 4.69) is 181 Å². The lowest BCUT2D eigenvalue weighted by molar-refractivity contribution is 0.490. The van der Waals surface area contributed by atoms with Gasteiger partial charge in [0.1, 0.15) is 11.5 Å². The summed E-state index contributed by atoms with van der Waals surface area (Å²) in [5.74, 6) is 0.0381. The topological polar surface area (TPSA) is 19.0 Å². The highest BCUT2D eigenvalue weighted by Crippen LogP contribution is 2.57. The predicted molar refractivity (Wildman–Crippen MR) is 447 cm³/mol. The number of hydrogen-bond acceptors (Lipinski definition) is 4. The van der Waals surface area contributed by atoms with Crippen LogP contribution in [0.25, 0.3) is 55.6 Å². The fourth-order valence-corrected chi connectivity index (χ4v) is 15.7. The van der Waals surface area contributed by atoms with Crippen LogP contribution in [0.15, 0.2) is 279 Å². The third kappa shape index (κ3) is 11.1. The first kappa shape index (κ1) is 55.8. The average molecular weight is 1360 g/mol. The van der Waals surface area contributed by atoms with Gasteiger partial charge in [-0.25, -0.2) is 0 Å². The normalized spacial score (nSPS) is 15.0. The molecule has 0 unspecified atom stereocenters. The quantitative estimate of drug-likeness (QED) is 0.141. The van der Waals surface area contributed by atoms with Gasteiger partial charge in [-0.2, -0.15) is 0 Å². The highest BCUT2D eigenvalue weighted by molar-refractivity contribution is 7.03. The zero-order valence-corrected chi connectivity index (χ0v) is 62.2. The second-order valence-corrected chi connectivity index (χ2v) is 33.7. The van der Waals surface area contributed by atoms with Crippen molar-refractivity contribution < 1.29 is 18.4 Å². The van der Waals surface area contributed by atoms with Gasteiger partial charge in [-0.15, -0.1) is 0 Å². The van der Waals surface area contributed by atoms with Crippen molar-refractivity contribution in [1.29, 1.82) is 0 Å². The number of benzene rings is 13. The van der Waals surface area contributed by atoms with E-state index in [0.717, 1.165) is 66.9 Å². The molecule has 0 radical (unpaired) electrons. The maximum Gasteiger partial charge on any atom is 0.256 e. The molecular weight excluding hydrogens is 1260 g/mol. The summed E-state index contributed by atoms with van der Waals surface area (Å²) >= 11 is 0. The van der Waals surface area contributed by atoms with Gasteiger partial charge in [-0.3, -0.25) is 0 Å². The zero-order valence-electron chi connectivity index (χ0n) is 72.2. The standard InChI is InChI=1S/C98H91B2N3O/c1-94(2,3)68-47-50-81-79(57-68)99-80-58-69(95(4,5)6)48-51-87(80)104-93-89(99)85(101(81)73-44-32-21-33-45-73)61-86-90(93)100-78-49-46-67(62-34-22-16-23-35-62)52-82(78)102(91-74(63-36-24-17-25-37-63)53-70(96(7,8)9)54-75(91)64-38-26-18-27-39-64)83-59-72(98(13,14)15)60-84(88(83)100)103(86)92-76(65-40-28-19-29-41-65)55-71(97(10,11)12)56-77(92)66-42-30-20-31-43-66/h16-61H,1-15H3/i46D,47D,48D,49D,50D,51D,52D,57D,58D,61D. The van der Waals surface area contributed by atoms with Gasteiger partial charge in [0, 0.05) is 62.1 Å². The van der Waals surface area contributed by atoms with Crippen molar-refractivity contribution in [1.82, 2.24) is 0 Å². The molecule has 0 fully saturated rings. The Hall–Kier alpha value is -10.8. The van der Waals surface area contributed by atoms with Gasteiger partial charge in [-0.05, 0) is 194 Å². The van der Waals surface area contributed by atoms with Crippen LogP contribution in [-0.4, -0.2) is 13.4 Å². The molecule has 0 saturated heterocycles. The number of ether oxygens (including phenoxy) is 1. The maximum atomic E-state index is 12.3.